The lowest BCUT2D eigenvalue weighted by atomic mass is 10.1. The summed E-state index contributed by atoms with van der Waals surface area (Å²) in [5, 5.41) is 11.6. The number of piperazine rings is 1. The van der Waals surface area contributed by atoms with E-state index in [1.54, 1.807) is 30.3 Å². The van der Waals surface area contributed by atoms with Gasteiger partial charge in [-0.1, -0.05) is 18.2 Å². The third-order valence-electron chi connectivity index (χ3n) is 4.94. The van der Waals surface area contributed by atoms with Crippen LogP contribution in [-0.2, 0) is 21.2 Å². The topological polar surface area (TPSA) is 93.5 Å². The summed E-state index contributed by atoms with van der Waals surface area (Å²) in [5.74, 6) is -0.191. The van der Waals surface area contributed by atoms with Gasteiger partial charge in [0.25, 0.3) is 0 Å². The van der Waals surface area contributed by atoms with E-state index in [0.717, 1.165) is 5.56 Å². The molecular weight excluding hydrogens is 388 g/mol. The first kappa shape index (κ1) is 21.0. The quantitative estimate of drug-likeness (QED) is 0.784. The number of nitrogens with one attached hydrogen (secondary N) is 1. The normalized spacial score (nSPS) is 15.6. The van der Waals surface area contributed by atoms with Gasteiger partial charge in [-0.15, -0.1) is 0 Å². The number of carbonyl (C=O) groups is 1. The number of sulfonamides is 1. The Bertz CT molecular complexity index is 1000. The average molecular weight is 413 g/mol. The van der Waals surface area contributed by atoms with Crippen LogP contribution in [0, 0.1) is 11.3 Å². The highest BCUT2D eigenvalue weighted by Crippen LogP contribution is 2.21. The Morgan fingerprint density at radius 1 is 1.10 bits per heavy atom. The van der Waals surface area contributed by atoms with Crippen LogP contribution in [0.2, 0.25) is 0 Å². The molecule has 29 heavy (non-hydrogen) atoms. The van der Waals surface area contributed by atoms with Crippen molar-refractivity contribution in [2.45, 2.75) is 17.7 Å². The van der Waals surface area contributed by atoms with Gasteiger partial charge in [-0.05, 0) is 49.4 Å². The molecule has 0 atom stereocenters. The highest BCUT2D eigenvalue weighted by Gasteiger charge is 2.27. The van der Waals surface area contributed by atoms with Crippen molar-refractivity contribution in [3.63, 3.8) is 0 Å². The fraction of sp³-hybridized carbons (Fsp3) is 0.333. The fourth-order valence-electron chi connectivity index (χ4n) is 3.14. The van der Waals surface area contributed by atoms with Crippen molar-refractivity contribution in [3.05, 3.63) is 59.7 Å². The smallest absolute Gasteiger partial charge is 0.243 e. The predicted molar refractivity (Wildman–Crippen MR) is 111 cm³/mol. The number of nitrogens with zero attached hydrogens (tertiary/aromatic N) is 3. The van der Waals surface area contributed by atoms with Crippen LogP contribution in [0.4, 0.5) is 5.69 Å². The van der Waals surface area contributed by atoms with Crippen molar-refractivity contribution in [1.29, 1.82) is 5.26 Å². The molecule has 0 unspecified atom stereocenters. The molecule has 1 saturated heterocycles. The molecule has 3 rings (SSSR count). The molecule has 2 aromatic rings. The fourth-order valence-corrected chi connectivity index (χ4v) is 4.61. The van der Waals surface area contributed by atoms with Crippen LogP contribution in [-0.4, -0.2) is 56.8 Å². The molecule has 0 saturated carbocycles. The van der Waals surface area contributed by atoms with E-state index in [9.17, 15) is 13.2 Å². The van der Waals surface area contributed by atoms with Crippen LogP contribution < -0.4 is 5.32 Å². The molecule has 1 aliphatic heterocycles. The van der Waals surface area contributed by atoms with Gasteiger partial charge >= 0.3 is 0 Å². The van der Waals surface area contributed by atoms with Gasteiger partial charge in [-0.25, -0.2) is 8.42 Å². The van der Waals surface area contributed by atoms with Crippen molar-refractivity contribution < 1.29 is 13.2 Å². The van der Waals surface area contributed by atoms with E-state index in [-0.39, 0.29) is 17.2 Å². The first-order valence-electron chi connectivity index (χ1n) is 9.46. The molecule has 8 heteroatoms. The minimum Gasteiger partial charge on any atom is -0.326 e. The van der Waals surface area contributed by atoms with Crippen molar-refractivity contribution in [3.8, 4) is 6.07 Å². The summed E-state index contributed by atoms with van der Waals surface area (Å²) in [6, 6.07) is 15.5. The summed E-state index contributed by atoms with van der Waals surface area (Å²) in [5.41, 5.74) is 2.01. The maximum Gasteiger partial charge on any atom is 0.243 e. The van der Waals surface area contributed by atoms with Gasteiger partial charge in [0.1, 0.15) is 0 Å². The molecule has 0 aromatic heterocycles. The molecule has 1 N–H and O–H groups in total. The van der Waals surface area contributed by atoms with Gasteiger partial charge in [0.05, 0.1) is 16.5 Å². The summed E-state index contributed by atoms with van der Waals surface area (Å²) < 4.78 is 27.2. The molecule has 1 heterocycles. The number of benzene rings is 2. The Morgan fingerprint density at radius 2 is 1.79 bits per heavy atom. The number of hydrogen-bond acceptors (Lipinski definition) is 5. The molecule has 1 amide bonds. The zero-order valence-corrected chi connectivity index (χ0v) is 17.2. The van der Waals surface area contributed by atoms with Gasteiger partial charge in [-0.3, -0.25) is 4.79 Å². The molecule has 0 spiro atoms. The van der Waals surface area contributed by atoms with Crippen LogP contribution in [0.3, 0.4) is 0 Å². The van der Waals surface area contributed by atoms with E-state index < -0.39 is 10.0 Å². The molecular formula is C21H24N4O3S. The van der Waals surface area contributed by atoms with Crippen molar-refractivity contribution in [1.82, 2.24) is 9.21 Å². The third kappa shape index (κ3) is 5.41. The summed E-state index contributed by atoms with van der Waals surface area (Å²) in [6.45, 7) is 2.32. The van der Waals surface area contributed by atoms with Crippen LogP contribution in [0.25, 0.3) is 0 Å². The molecule has 0 aliphatic carbocycles. The van der Waals surface area contributed by atoms with Crippen LogP contribution in [0.15, 0.2) is 53.4 Å². The number of likely N-dealkylation sites (N-methyl/N-ethyl adjacent to an activating group) is 1. The van der Waals surface area contributed by atoms with Crippen molar-refractivity contribution >= 4 is 21.6 Å². The Balaban J connectivity index is 1.61. The second-order valence-electron chi connectivity index (χ2n) is 7.09. The Kier molecular flexibility index (Phi) is 6.64. The number of hydrogen-bond donors (Lipinski definition) is 1. The number of carbonyl (C=O) groups excluding carboxylic acids is 1. The average Bonchev–Trinajstić information content (AvgIpc) is 2.73. The van der Waals surface area contributed by atoms with Gasteiger partial charge in [0.15, 0.2) is 0 Å². The number of anilines is 1. The first-order chi connectivity index (χ1) is 13.9. The lowest BCUT2D eigenvalue weighted by Gasteiger charge is -2.31. The number of rotatable bonds is 6. The van der Waals surface area contributed by atoms with Crippen LogP contribution in [0.1, 0.15) is 17.5 Å². The Hall–Kier alpha value is -2.73. The van der Waals surface area contributed by atoms with Crippen molar-refractivity contribution in [2.75, 3.05) is 38.5 Å². The van der Waals surface area contributed by atoms with Gasteiger partial charge in [-0.2, -0.15) is 9.57 Å². The van der Waals surface area contributed by atoms with Gasteiger partial charge in [0.2, 0.25) is 15.9 Å². The third-order valence-corrected chi connectivity index (χ3v) is 6.84. The van der Waals surface area contributed by atoms with E-state index >= 15 is 0 Å². The largest absolute Gasteiger partial charge is 0.326 e. The first-order valence-corrected chi connectivity index (χ1v) is 10.9. The molecule has 1 aliphatic rings. The van der Waals surface area contributed by atoms with E-state index in [4.69, 9.17) is 5.26 Å². The highest BCUT2D eigenvalue weighted by atomic mass is 32.2. The summed E-state index contributed by atoms with van der Waals surface area (Å²) in [4.78, 5) is 14.6. The van der Waals surface area contributed by atoms with Crippen LogP contribution in [0.5, 0.6) is 0 Å². The number of amides is 1. The highest BCUT2D eigenvalue weighted by molar-refractivity contribution is 7.89. The van der Waals surface area contributed by atoms with Crippen LogP contribution >= 0.6 is 0 Å². The van der Waals surface area contributed by atoms with E-state index in [1.165, 1.54) is 10.4 Å². The monoisotopic (exact) mass is 412 g/mol. The van der Waals surface area contributed by atoms with E-state index in [2.05, 4.69) is 16.3 Å². The molecule has 152 valence electrons. The van der Waals surface area contributed by atoms with Gasteiger partial charge < -0.3 is 10.2 Å². The second-order valence-corrected chi connectivity index (χ2v) is 9.03. The zero-order chi connectivity index (χ0) is 20.9. The van der Waals surface area contributed by atoms with E-state index in [0.29, 0.717) is 43.9 Å². The molecule has 0 radical (unpaired) electrons. The lowest BCUT2D eigenvalue weighted by molar-refractivity contribution is -0.116. The molecule has 0 bridgehead atoms. The predicted octanol–water partition coefficient (Wildman–Crippen LogP) is 2.07. The Morgan fingerprint density at radius 3 is 2.45 bits per heavy atom. The van der Waals surface area contributed by atoms with Crippen molar-refractivity contribution in [2.24, 2.45) is 0 Å². The second kappa shape index (κ2) is 9.18. The standard InChI is InChI=1S/C21H24N4O3S/c1-24-11-13-25(14-12-24)29(27,28)20-4-2-3-19(15-20)23-21(26)10-9-17-5-7-18(16-22)8-6-17/h2-8,15H,9-14H2,1H3,(H,23,26). The minimum absolute atomic E-state index is 0.187. The molecule has 1 fully saturated rings. The maximum absolute atomic E-state index is 12.9. The Labute approximate surface area is 171 Å². The lowest BCUT2D eigenvalue weighted by Crippen LogP contribution is -2.47. The number of aryl methyl sites for hydroxylation is 1. The van der Waals surface area contributed by atoms with E-state index in [1.807, 2.05) is 19.2 Å². The SMILES string of the molecule is CN1CCN(S(=O)(=O)c2cccc(NC(=O)CCc3ccc(C#N)cc3)c2)CC1. The number of nitriles is 1. The van der Waals surface area contributed by atoms with Gasteiger partial charge in [0, 0.05) is 38.3 Å². The molecule has 2 aromatic carbocycles. The summed E-state index contributed by atoms with van der Waals surface area (Å²) in [7, 11) is -1.61. The zero-order valence-electron chi connectivity index (χ0n) is 16.3. The summed E-state index contributed by atoms with van der Waals surface area (Å²) in [6.07, 6.45) is 0.804. The molecule has 7 nitrogen and oxygen atoms in total. The summed E-state index contributed by atoms with van der Waals surface area (Å²) >= 11 is 0. The maximum atomic E-state index is 12.9. The minimum atomic E-state index is -3.58.